The van der Waals surface area contributed by atoms with Crippen LogP contribution < -0.4 is 0 Å². The minimum absolute atomic E-state index is 0.0362. The molecule has 20 heavy (non-hydrogen) atoms. The largest absolute Gasteiger partial charge is 0.300 e. The van der Waals surface area contributed by atoms with Crippen LogP contribution in [0.1, 0.15) is 41.7 Å². The van der Waals surface area contributed by atoms with E-state index in [2.05, 4.69) is 16.9 Å². The molecule has 1 aromatic rings. The number of halogens is 1. The second-order valence-corrected chi connectivity index (χ2v) is 5.75. The molecule has 2 atom stereocenters. The quantitative estimate of drug-likeness (QED) is 0.775. The third-order valence-electron chi connectivity index (χ3n) is 4.70. The van der Waals surface area contributed by atoms with Crippen molar-refractivity contribution in [2.24, 2.45) is 5.92 Å². The number of nitriles is 1. The number of rotatable bonds is 2. The van der Waals surface area contributed by atoms with E-state index in [4.69, 9.17) is 5.26 Å². The maximum absolute atomic E-state index is 13.6. The zero-order chi connectivity index (χ0) is 14.3. The highest BCUT2D eigenvalue weighted by Crippen LogP contribution is 2.38. The average molecular weight is 273 g/mol. The number of nitrogens with zero attached hydrogens (tertiary/aromatic N) is 3. The Labute approximate surface area is 117 Å². The van der Waals surface area contributed by atoms with Gasteiger partial charge in [-0.05, 0) is 38.8 Å². The van der Waals surface area contributed by atoms with Crippen molar-refractivity contribution in [2.45, 2.75) is 37.8 Å². The summed E-state index contributed by atoms with van der Waals surface area (Å²) in [7, 11) is 2.12. The molecule has 5 heteroatoms. The highest BCUT2D eigenvalue weighted by molar-refractivity contribution is 5.97. The molecule has 3 heterocycles. The maximum Gasteiger partial charge on any atom is 0.176 e. The van der Waals surface area contributed by atoms with Crippen molar-refractivity contribution >= 4 is 5.78 Å². The number of fused-ring (bicyclic) bond motifs is 2. The van der Waals surface area contributed by atoms with Crippen molar-refractivity contribution in [3.63, 3.8) is 0 Å². The van der Waals surface area contributed by atoms with Crippen LogP contribution in [0.4, 0.5) is 4.39 Å². The zero-order valence-corrected chi connectivity index (χ0v) is 11.3. The van der Waals surface area contributed by atoms with Crippen LogP contribution in [0.5, 0.6) is 0 Å². The average Bonchev–Trinajstić information content (AvgIpc) is 2.67. The number of Topliss-reactive ketones (excluding diaryl/α,β-unsaturated/α-hetero) is 1. The first-order valence-electron chi connectivity index (χ1n) is 6.92. The Morgan fingerprint density at radius 3 is 2.65 bits per heavy atom. The number of piperidine rings is 1. The molecule has 1 aromatic heterocycles. The molecule has 0 amide bonds. The van der Waals surface area contributed by atoms with Crippen LogP contribution >= 0.6 is 0 Å². The van der Waals surface area contributed by atoms with E-state index in [0.717, 1.165) is 31.7 Å². The molecular formula is C15H16FN3O. The Hall–Kier alpha value is -1.80. The summed E-state index contributed by atoms with van der Waals surface area (Å²) < 4.78 is 13.6. The van der Waals surface area contributed by atoms with Gasteiger partial charge in [0.05, 0.1) is 0 Å². The first-order chi connectivity index (χ1) is 9.60. The summed E-state index contributed by atoms with van der Waals surface area (Å²) >= 11 is 0. The molecule has 0 N–H and O–H groups in total. The van der Waals surface area contributed by atoms with Gasteiger partial charge in [0.15, 0.2) is 17.3 Å². The van der Waals surface area contributed by atoms with E-state index < -0.39 is 5.82 Å². The van der Waals surface area contributed by atoms with Gasteiger partial charge < -0.3 is 4.90 Å². The van der Waals surface area contributed by atoms with E-state index in [-0.39, 0.29) is 23.0 Å². The lowest BCUT2D eigenvalue weighted by atomic mass is 9.85. The van der Waals surface area contributed by atoms with Crippen molar-refractivity contribution in [3.8, 4) is 6.07 Å². The highest BCUT2D eigenvalue weighted by atomic mass is 19.1. The van der Waals surface area contributed by atoms with Crippen molar-refractivity contribution in [1.82, 2.24) is 9.88 Å². The molecule has 3 rings (SSSR count). The number of hydrogen-bond donors (Lipinski definition) is 0. The van der Waals surface area contributed by atoms with Crippen LogP contribution in [-0.2, 0) is 0 Å². The Morgan fingerprint density at radius 1 is 1.45 bits per heavy atom. The lowest BCUT2D eigenvalue weighted by Crippen LogP contribution is -2.42. The first-order valence-corrected chi connectivity index (χ1v) is 6.92. The van der Waals surface area contributed by atoms with Gasteiger partial charge in [0, 0.05) is 29.8 Å². The number of carbonyl (C=O) groups is 1. The summed E-state index contributed by atoms with van der Waals surface area (Å²) in [5.74, 6) is -0.794. The fraction of sp³-hybridized carbons (Fsp3) is 0.533. The van der Waals surface area contributed by atoms with Crippen LogP contribution in [0, 0.1) is 23.1 Å². The monoisotopic (exact) mass is 273 g/mol. The minimum atomic E-state index is -0.714. The molecule has 0 aromatic carbocycles. The summed E-state index contributed by atoms with van der Waals surface area (Å²) in [5.41, 5.74) is 0.0282. The zero-order valence-electron chi connectivity index (χ0n) is 11.3. The predicted molar refractivity (Wildman–Crippen MR) is 70.5 cm³/mol. The minimum Gasteiger partial charge on any atom is -0.300 e. The molecule has 2 fully saturated rings. The second kappa shape index (κ2) is 4.95. The third kappa shape index (κ3) is 2.10. The summed E-state index contributed by atoms with van der Waals surface area (Å²) in [6.45, 7) is 0. The molecule has 2 bridgehead atoms. The molecule has 2 saturated heterocycles. The Morgan fingerprint density at radius 2 is 2.10 bits per heavy atom. The van der Waals surface area contributed by atoms with Crippen LogP contribution in [0.3, 0.4) is 0 Å². The number of carbonyl (C=O) groups excluding carboxylic acids is 1. The summed E-state index contributed by atoms with van der Waals surface area (Å²) in [4.78, 5) is 18.5. The molecule has 2 aliphatic rings. The predicted octanol–water partition coefficient (Wildman–Crippen LogP) is 2.15. The van der Waals surface area contributed by atoms with Crippen LogP contribution in [-0.4, -0.2) is 34.8 Å². The number of pyridine rings is 1. The normalized spacial score (nSPS) is 29.1. The van der Waals surface area contributed by atoms with Gasteiger partial charge in [0.2, 0.25) is 0 Å². The van der Waals surface area contributed by atoms with Crippen LogP contribution in [0.2, 0.25) is 0 Å². The summed E-state index contributed by atoms with van der Waals surface area (Å²) in [5, 5.41) is 8.66. The van der Waals surface area contributed by atoms with Crippen LogP contribution in [0.15, 0.2) is 12.3 Å². The van der Waals surface area contributed by atoms with Gasteiger partial charge in [0.25, 0.3) is 0 Å². The van der Waals surface area contributed by atoms with E-state index >= 15 is 0 Å². The van der Waals surface area contributed by atoms with Gasteiger partial charge in [-0.2, -0.15) is 5.26 Å². The SMILES string of the molecule is CN1C2CCC1CC(C(=O)c1cnc(C#N)c(F)c1)C2. The van der Waals surface area contributed by atoms with Crippen molar-refractivity contribution in [1.29, 1.82) is 5.26 Å². The Balaban J connectivity index is 1.80. The van der Waals surface area contributed by atoms with Gasteiger partial charge in [-0.1, -0.05) is 0 Å². The topological polar surface area (TPSA) is 57.0 Å². The van der Waals surface area contributed by atoms with Gasteiger partial charge in [-0.25, -0.2) is 9.37 Å². The van der Waals surface area contributed by atoms with Crippen molar-refractivity contribution in [2.75, 3.05) is 7.05 Å². The standard InChI is InChI=1S/C15H16FN3O/c1-19-11-2-3-12(19)5-9(4-11)15(20)10-6-13(16)14(7-17)18-8-10/h6,8-9,11-12H,2-5H2,1H3. The fourth-order valence-corrected chi connectivity index (χ4v) is 3.52. The molecule has 104 valence electrons. The molecule has 2 aliphatic heterocycles. The van der Waals surface area contributed by atoms with E-state index in [1.807, 2.05) is 0 Å². The second-order valence-electron chi connectivity index (χ2n) is 5.75. The van der Waals surface area contributed by atoms with Gasteiger partial charge in [-0.15, -0.1) is 0 Å². The van der Waals surface area contributed by atoms with Crippen molar-refractivity contribution < 1.29 is 9.18 Å². The third-order valence-corrected chi connectivity index (χ3v) is 4.70. The van der Waals surface area contributed by atoms with E-state index in [1.54, 1.807) is 6.07 Å². The number of aromatic nitrogens is 1. The van der Waals surface area contributed by atoms with Crippen molar-refractivity contribution in [3.05, 3.63) is 29.3 Å². The van der Waals surface area contributed by atoms with Gasteiger partial charge in [-0.3, -0.25) is 4.79 Å². The molecule has 0 aliphatic carbocycles. The summed E-state index contributed by atoms with van der Waals surface area (Å²) in [6.07, 6.45) is 5.29. The summed E-state index contributed by atoms with van der Waals surface area (Å²) in [6, 6.07) is 3.76. The van der Waals surface area contributed by atoms with Gasteiger partial charge in [0.1, 0.15) is 6.07 Å². The smallest absolute Gasteiger partial charge is 0.176 e. The molecular weight excluding hydrogens is 257 g/mol. The lowest BCUT2D eigenvalue weighted by molar-refractivity contribution is 0.0766. The molecule has 4 nitrogen and oxygen atoms in total. The molecule has 0 saturated carbocycles. The Kier molecular flexibility index (Phi) is 3.27. The molecule has 2 unspecified atom stereocenters. The number of hydrogen-bond acceptors (Lipinski definition) is 4. The van der Waals surface area contributed by atoms with E-state index in [0.29, 0.717) is 12.1 Å². The first kappa shape index (κ1) is 13.2. The van der Waals surface area contributed by atoms with Crippen LogP contribution in [0.25, 0.3) is 0 Å². The lowest BCUT2D eigenvalue weighted by Gasteiger charge is -2.35. The fourth-order valence-electron chi connectivity index (χ4n) is 3.52. The maximum atomic E-state index is 13.6. The van der Waals surface area contributed by atoms with E-state index in [9.17, 15) is 9.18 Å². The Bertz CT molecular complexity index is 581. The van der Waals surface area contributed by atoms with Gasteiger partial charge >= 0.3 is 0 Å². The highest BCUT2D eigenvalue weighted by Gasteiger charge is 2.41. The van der Waals surface area contributed by atoms with E-state index in [1.165, 1.54) is 6.20 Å². The number of ketones is 1. The molecule has 0 spiro atoms. The molecule has 0 radical (unpaired) electrons.